The van der Waals surface area contributed by atoms with Crippen molar-refractivity contribution in [2.45, 2.75) is 47.1 Å². The van der Waals surface area contributed by atoms with Gasteiger partial charge in [-0.3, -0.25) is 0 Å². The molecule has 0 fully saturated rings. The second-order valence-electron chi connectivity index (χ2n) is 5.28. The van der Waals surface area contributed by atoms with Crippen molar-refractivity contribution < 1.29 is 0 Å². The van der Waals surface area contributed by atoms with Crippen LogP contribution in [0.3, 0.4) is 0 Å². The Balaban J connectivity index is 5.24. The summed E-state index contributed by atoms with van der Waals surface area (Å²) in [5.41, 5.74) is 2.89. The van der Waals surface area contributed by atoms with Crippen LogP contribution in [0.2, 0.25) is 0 Å². The lowest BCUT2D eigenvalue weighted by Gasteiger charge is -2.34. The average molecular weight is 249 g/mol. The number of hydrogen-bond acceptors (Lipinski definition) is 1. The molecule has 0 aromatic rings. The van der Waals surface area contributed by atoms with Crippen molar-refractivity contribution in [3.8, 4) is 0 Å². The van der Waals surface area contributed by atoms with Crippen LogP contribution in [0, 0.1) is 11.8 Å². The molecule has 0 radical (unpaired) electrons. The molecule has 0 aliphatic carbocycles. The fraction of sp³-hybridized carbons (Fsp3) is 0.647. The number of allylic oxidation sites excluding steroid dienone is 4. The van der Waals surface area contributed by atoms with Gasteiger partial charge in [0.1, 0.15) is 0 Å². The van der Waals surface area contributed by atoms with E-state index < -0.39 is 0 Å². The van der Waals surface area contributed by atoms with E-state index in [0.717, 1.165) is 0 Å². The van der Waals surface area contributed by atoms with Crippen LogP contribution < -0.4 is 0 Å². The van der Waals surface area contributed by atoms with Gasteiger partial charge >= 0.3 is 0 Å². The molecule has 3 atom stereocenters. The van der Waals surface area contributed by atoms with Crippen LogP contribution in [-0.2, 0) is 0 Å². The Morgan fingerprint density at radius 1 is 1.22 bits per heavy atom. The van der Waals surface area contributed by atoms with Gasteiger partial charge in [0.15, 0.2) is 0 Å². The first kappa shape index (κ1) is 17.2. The summed E-state index contributed by atoms with van der Waals surface area (Å²) in [6.07, 6.45) is 7.73. The van der Waals surface area contributed by atoms with Crippen LogP contribution in [0.4, 0.5) is 0 Å². The van der Waals surface area contributed by atoms with Crippen molar-refractivity contribution in [3.63, 3.8) is 0 Å². The zero-order valence-corrected chi connectivity index (χ0v) is 13.3. The number of rotatable bonds is 7. The standard InChI is InChI=1S/C17H31N/c1-9-13(5)15(10-2)16(11-3)14(6)17(12-4)18(7)8/h9-10,12,14,16-17H,4,11H2,1-3,5-8H3/b13-9-,15-10-. The third-order valence-corrected chi connectivity index (χ3v) is 4.05. The van der Waals surface area contributed by atoms with Crippen molar-refractivity contribution in [1.82, 2.24) is 4.90 Å². The van der Waals surface area contributed by atoms with E-state index in [9.17, 15) is 0 Å². The van der Waals surface area contributed by atoms with Gasteiger partial charge < -0.3 is 4.90 Å². The van der Waals surface area contributed by atoms with E-state index in [4.69, 9.17) is 0 Å². The summed E-state index contributed by atoms with van der Waals surface area (Å²) < 4.78 is 0. The fourth-order valence-corrected chi connectivity index (χ4v) is 2.91. The van der Waals surface area contributed by atoms with Gasteiger partial charge in [-0.25, -0.2) is 0 Å². The summed E-state index contributed by atoms with van der Waals surface area (Å²) in [7, 11) is 4.26. The van der Waals surface area contributed by atoms with Crippen LogP contribution in [-0.4, -0.2) is 25.0 Å². The molecule has 0 rings (SSSR count). The highest BCUT2D eigenvalue weighted by atomic mass is 15.1. The van der Waals surface area contributed by atoms with E-state index in [1.165, 1.54) is 17.6 Å². The second kappa shape index (κ2) is 8.31. The largest absolute Gasteiger partial charge is 0.303 e. The molecule has 3 unspecified atom stereocenters. The Hall–Kier alpha value is -0.820. The zero-order valence-electron chi connectivity index (χ0n) is 13.3. The first-order valence-corrected chi connectivity index (χ1v) is 7.02. The molecule has 0 aliphatic heterocycles. The summed E-state index contributed by atoms with van der Waals surface area (Å²) in [4.78, 5) is 2.26. The van der Waals surface area contributed by atoms with Crippen LogP contribution in [0.5, 0.6) is 0 Å². The molecular weight excluding hydrogens is 218 g/mol. The molecule has 0 aliphatic rings. The van der Waals surface area contributed by atoms with E-state index in [-0.39, 0.29) is 0 Å². The topological polar surface area (TPSA) is 3.24 Å². The summed E-state index contributed by atoms with van der Waals surface area (Å²) in [5.74, 6) is 1.17. The van der Waals surface area contributed by atoms with Gasteiger partial charge in [0.05, 0.1) is 0 Å². The average Bonchev–Trinajstić information content (AvgIpc) is 2.34. The molecule has 0 saturated heterocycles. The van der Waals surface area contributed by atoms with Crippen LogP contribution >= 0.6 is 0 Å². The molecule has 1 nitrogen and oxygen atoms in total. The summed E-state index contributed by atoms with van der Waals surface area (Å²) >= 11 is 0. The van der Waals surface area contributed by atoms with Gasteiger partial charge in [0, 0.05) is 6.04 Å². The van der Waals surface area contributed by atoms with Gasteiger partial charge in [-0.05, 0) is 58.7 Å². The Morgan fingerprint density at radius 3 is 2.06 bits per heavy atom. The second-order valence-corrected chi connectivity index (χ2v) is 5.28. The lowest BCUT2D eigenvalue weighted by atomic mass is 9.77. The number of nitrogens with zero attached hydrogens (tertiary/aromatic N) is 1. The van der Waals surface area contributed by atoms with Crippen molar-refractivity contribution >= 4 is 0 Å². The SMILES string of the molecule is C=CC(C(C)C(CC)C(=C\C)/C(C)=C\C)N(C)C. The first-order chi connectivity index (χ1) is 8.44. The molecule has 0 spiro atoms. The minimum Gasteiger partial charge on any atom is -0.303 e. The highest BCUT2D eigenvalue weighted by Gasteiger charge is 2.26. The molecular formula is C17H31N. The van der Waals surface area contributed by atoms with Gasteiger partial charge in [-0.15, -0.1) is 6.58 Å². The van der Waals surface area contributed by atoms with E-state index in [1.54, 1.807) is 0 Å². The summed E-state index contributed by atoms with van der Waals surface area (Å²) in [6.45, 7) is 15.1. The van der Waals surface area contributed by atoms with E-state index in [0.29, 0.717) is 17.9 Å². The van der Waals surface area contributed by atoms with Crippen molar-refractivity contribution in [2.24, 2.45) is 11.8 Å². The lowest BCUT2D eigenvalue weighted by Crippen LogP contribution is -2.36. The monoisotopic (exact) mass is 249 g/mol. The first-order valence-electron chi connectivity index (χ1n) is 7.02. The number of likely N-dealkylation sites (N-methyl/N-ethyl adjacent to an activating group) is 1. The van der Waals surface area contributed by atoms with Gasteiger partial charge in [0.2, 0.25) is 0 Å². The Morgan fingerprint density at radius 2 is 1.78 bits per heavy atom. The highest BCUT2D eigenvalue weighted by molar-refractivity contribution is 5.31. The van der Waals surface area contributed by atoms with E-state index in [1.807, 2.05) is 0 Å². The smallest absolute Gasteiger partial charge is 0.0300 e. The molecule has 1 heteroatoms. The van der Waals surface area contributed by atoms with E-state index >= 15 is 0 Å². The molecule has 0 aromatic heterocycles. The van der Waals surface area contributed by atoms with Crippen LogP contribution in [0.25, 0.3) is 0 Å². The van der Waals surface area contributed by atoms with Gasteiger partial charge in [-0.1, -0.05) is 37.6 Å². The Bertz CT molecular complexity index is 310. The van der Waals surface area contributed by atoms with Gasteiger partial charge in [0.25, 0.3) is 0 Å². The normalized spacial score (nSPS) is 18.7. The molecule has 0 amide bonds. The summed E-state index contributed by atoms with van der Waals surface area (Å²) in [5, 5.41) is 0. The third-order valence-electron chi connectivity index (χ3n) is 4.05. The quantitative estimate of drug-likeness (QED) is 0.468. The minimum absolute atomic E-state index is 0.426. The van der Waals surface area contributed by atoms with Crippen molar-refractivity contribution in [2.75, 3.05) is 14.1 Å². The molecule has 104 valence electrons. The van der Waals surface area contributed by atoms with Crippen molar-refractivity contribution in [3.05, 3.63) is 36.0 Å². The molecule has 0 saturated carbocycles. The molecule has 0 N–H and O–H groups in total. The van der Waals surface area contributed by atoms with Crippen molar-refractivity contribution in [1.29, 1.82) is 0 Å². The highest BCUT2D eigenvalue weighted by Crippen LogP contribution is 2.32. The van der Waals surface area contributed by atoms with E-state index in [2.05, 4.69) is 78.4 Å². The predicted molar refractivity (Wildman–Crippen MR) is 83.8 cm³/mol. The third kappa shape index (κ3) is 4.13. The maximum absolute atomic E-state index is 3.99. The maximum atomic E-state index is 3.99. The van der Waals surface area contributed by atoms with Crippen LogP contribution in [0.15, 0.2) is 36.0 Å². The molecule has 0 bridgehead atoms. The zero-order chi connectivity index (χ0) is 14.3. The maximum Gasteiger partial charge on any atom is 0.0300 e. The Kier molecular flexibility index (Phi) is 7.93. The molecule has 0 aromatic carbocycles. The minimum atomic E-state index is 0.426. The molecule has 18 heavy (non-hydrogen) atoms. The van der Waals surface area contributed by atoms with Crippen LogP contribution in [0.1, 0.15) is 41.0 Å². The fourth-order valence-electron chi connectivity index (χ4n) is 2.91. The lowest BCUT2D eigenvalue weighted by molar-refractivity contribution is 0.221. The van der Waals surface area contributed by atoms with Gasteiger partial charge in [-0.2, -0.15) is 0 Å². The number of hydrogen-bond donors (Lipinski definition) is 0. The molecule has 0 heterocycles. The Labute approximate surface area is 114 Å². The predicted octanol–water partition coefficient (Wildman–Crippen LogP) is 4.68. The summed E-state index contributed by atoms with van der Waals surface area (Å²) in [6, 6.07) is 0.426.